The third-order valence-corrected chi connectivity index (χ3v) is 3.87. The largest absolute Gasteiger partial charge is 0.373 e. The Morgan fingerprint density at radius 3 is 2.86 bits per heavy atom. The number of fused-ring (bicyclic) bond motifs is 1. The number of nitrogens with one attached hydrogen (secondary N) is 2. The minimum Gasteiger partial charge on any atom is -0.373 e. The Labute approximate surface area is 128 Å². The van der Waals surface area contributed by atoms with Crippen molar-refractivity contribution in [2.45, 2.75) is 19.5 Å². The fraction of sp³-hybridized carbons (Fsp3) is 0.375. The van der Waals surface area contributed by atoms with E-state index in [9.17, 15) is 4.39 Å². The van der Waals surface area contributed by atoms with Crippen LogP contribution in [0.4, 0.5) is 16.0 Å². The molecule has 0 fully saturated rings. The SMILES string of the molecule is CCc1cnn2c(NCC3C=CC=CC3F)cc(NC)nc12. The zero-order chi connectivity index (χ0) is 15.5. The Morgan fingerprint density at radius 2 is 2.14 bits per heavy atom. The van der Waals surface area contributed by atoms with Crippen LogP contribution in [0.15, 0.2) is 36.6 Å². The third-order valence-electron chi connectivity index (χ3n) is 3.87. The van der Waals surface area contributed by atoms with E-state index >= 15 is 0 Å². The summed E-state index contributed by atoms with van der Waals surface area (Å²) in [6.45, 7) is 2.58. The molecule has 0 spiro atoms. The van der Waals surface area contributed by atoms with E-state index in [4.69, 9.17) is 0 Å². The van der Waals surface area contributed by atoms with Gasteiger partial charge in [-0.3, -0.25) is 0 Å². The van der Waals surface area contributed by atoms with Gasteiger partial charge >= 0.3 is 0 Å². The molecule has 2 aromatic rings. The smallest absolute Gasteiger partial charge is 0.162 e. The van der Waals surface area contributed by atoms with Gasteiger partial charge in [0.15, 0.2) is 5.65 Å². The Kier molecular flexibility index (Phi) is 4.09. The van der Waals surface area contributed by atoms with Gasteiger partial charge in [-0.05, 0) is 6.42 Å². The van der Waals surface area contributed by atoms with E-state index in [1.165, 1.54) is 0 Å². The van der Waals surface area contributed by atoms with Crippen molar-refractivity contribution >= 4 is 17.3 Å². The number of rotatable bonds is 5. The van der Waals surface area contributed by atoms with Crippen molar-refractivity contribution in [3.05, 3.63) is 42.1 Å². The number of aromatic nitrogens is 3. The van der Waals surface area contributed by atoms with Crippen molar-refractivity contribution in [3.8, 4) is 0 Å². The molecular weight excluding hydrogens is 281 g/mol. The highest BCUT2D eigenvalue weighted by Crippen LogP contribution is 2.21. The number of anilines is 2. The Bertz CT molecular complexity index is 719. The van der Waals surface area contributed by atoms with Crippen molar-refractivity contribution in [1.82, 2.24) is 14.6 Å². The Morgan fingerprint density at radius 1 is 1.32 bits per heavy atom. The van der Waals surface area contributed by atoms with E-state index in [0.717, 1.165) is 29.3 Å². The Hall–Kier alpha value is -2.37. The molecule has 0 amide bonds. The first kappa shape index (κ1) is 14.6. The second-order valence-electron chi connectivity index (χ2n) is 5.29. The van der Waals surface area contributed by atoms with Crippen LogP contribution in [0, 0.1) is 5.92 Å². The highest BCUT2D eigenvalue weighted by atomic mass is 19.1. The molecule has 6 heteroatoms. The van der Waals surface area contributed by atoms with Crippen LogP contribution in [0.25, 0.3) is 5.65 Å². The van der Waals surface area contributed by atoms with Crippen LogP contribution in [0.5, 0.6) is 0 Å². The lowest BCUT2D eigenvalue weighted by Gasteiger charge is -2.19. The van der Waals surface area contributed by atoms with Crippen molar-refractivity contribution in [2.24, 2.45) is 5.92 Å². The second-order valence-corrected chi connectivity index (χ2v) is 5.29. The summed E-state index contributed by atoms with van der Waals surface area (Å²) in [5.74, 6) is 1.40. The van der Waals surface area contributed by atoms with Crippen molar-refractivity contribution in [3.63, 3.8) is 0 Å². The summed E-state index contributed by atoms with van der Waals surface area (Å²) in [5, 5.41) is 10.7. The van der Waals surface area contributed by atoms with Gasteiger partial charge in [0.1, 0.15) is 17.8 Å². The molecule has 2 unspecified atom stereocenters. The number of allylic oxidation sites excluding steroid dienone is 3. The summed E-state index contributed by atoms with van der Waals surface area (Å²) in [6, 6.07) is 1.88. The van der Waals surface area contributed by atoms with Crippen LogP contribution in [0.3, 0.4) is 0 Å². The lowest BCUT2D eigenvalue weighted by atomic mass is 9.99. The average Bonchev–Trinajstić information content (AvgIpc) is 2.96. The normalized spacial score (nSPS) is 20.5. The molecule has 1 aliphatic carbocycles. The van der Waals surface area contributed by atoms with Gasteiger partial charge in [-0.2, -0.15) is 9.61 Å². The first-order valence-corrected chi connectivity index (χ1v) is 7.51. The lowest BCUT2D eigenvalue weighted by molar-refractivity contribution is 0.327. The van der Waals surface area contributed by atoms with Crippen molar-refractivity contribution in [1.29, 1.82) is 0 Å². The minimum atomic E-state index is -0.956. The van der Waals surface area contributed by atoms with E-state index in [1.54, 1.807) is 16.7 Å². The van der Waals surface area contributed by atoms with Gasteiger partial charge in [0.05, 0.1) is 6.20 Å². The molecule has 0 radical (unpaired) electrons. The molecule has 0 aliphatic heterocycles. The molecular formula is C16H20FN5. The lowest BCUT2D eigenvalue weighted by Crippen LogP contribution is -2.23. The van der Waals surface area contributed by atoms with Crippen molar-refractivity contribution < 1.29 is 4.39 Å². The maximum absolute atomic E-state index is 13.8. The fourth-order valence-electron chi connectivity index (χ4n) is 2.54. The molecule has 0 saturated carbocycles. The highest BCUT2D eigenvalue weighted by Gasteiger charge is 2.18. The van der Waals surface area contributed by atoms with Crippen LogP contribution in [0.2, 0.25) is 0 Å². The van der Waals surface area contributed by atoms with Crippen LogP contribution in [-0.2, 0) is 6.42 Å². The first-order chi connectivity index (χ1) is 10.7. The summed E-state index contributed by atoms with van der Waals surface area (Å²) < 4.78 is 15.6. The predicted molar refractivity (Wildman–Crippen MR) is 87.1 cm³/mol. The second kappa shape index (κ2) is 6.17. The molecule has 2 N–H and O–H groups in total. The number of alkyl halides is 1. The molecule has 0 saturated heterocycles. The number of aryl methyl sites for hydroxylation is 1. The minimum absolute atomic E-state index is 0.174. The van der Waals surface area contributed by atoms with Gasteiger partial charge in [-0.1, -0.05) is 31.2 Å². The predicted octanol–water partition coefficient (Wildman–Crippen LogP) is 2.83. The van der Waals surface area contributed by atoms with E-state index < -0.39 is 6.17 Å². The molecule has 5 nitrogen and oxygen atoms in total. The maximum atomic E-state index is 13.8. The van der Waals surface area contributed by atoms with E-state index in [1.807, 2.05) is 31.5 Å². The maximum Gasteiger partial charge on any atom is 0.162 e. The molecule has 116 valence electrons. The zero-order valence-electron chi connectivity index (χ0n) is 12.8. The summed E-state index contributed by atoms with van der Waals surface area (Å²) in [5.41, 5.74) is 1.91. The van der Waals surface area contributed by atoms with Gasteiger partial charge in [-0.25, -0.2) is 9.37 Å². The third kappa shape index (κ3) is 2.68. The molecule has 2 aromatic heterocycles. The number of hydrogen-bond donors (Lipinski definition) is 2. The molecule has 0 bridgehead atoms. The molecule has 2 heterocycles. The van der Waals surface area contributed by atoms with Gasteiger partial charge < -0.3 is 10.6 Å². The van der Waals surface area contributed by atoms with Gasteiger partial charge in [-0.15, -0.1) is 0 Å². The quantitative estimate of drug-likeness (QED) is 0.891. The molecule has 2 atom stereocenters. The van der Waals surface area contributed by atoms with Crippen LogP contribution in [-0.4, -0.2) is 34.4 Å². The summed E-state index contributed by atoms with van der Waals surface area (Å²) in [7, 11) is 1.83. The van der Waals surface area contributed by atoms with Crippen molar-refractivity contribution in [2.75, 3.05) is 24.2 Å². The summed E-state index contributed by atoms with van der Waals surface area (Å²) in [6.07, 6.45) is 8.83. The Balaban J connectivity index is 1.87. The number of halogens is 1. The zero-order valence-corrected chi connectivity index (χ0v) is 12.8. The van der Waals surface area contributed by atoms with Gasteiger partial charge in [0.25, 0.3) is 0 Å². The van der Waals surface area contributed by atoms with Crippen LogP contribution in [0.1, 0.15) is 12.5 Å². The monoisotopic (exact) mass is 301 g/mol. The van der Waals surface area contributed by atoms with Gasteiger partial charge in [0, 0.05) is 31.1 Å². The standard InChI is InChI=1S/C16H20FN5/c1-3-11-10-20-22-15(8-14(18-2)21-16(11)22)19-9-12-6-4-5-7-13(12)17/h4-8,10,12-13,19H,3,9H2,1-2H3,(H,18,21). The molecule has 0 aromatic carbocycles. The summed E-state index contributed by atoms with van der Waals surface area (Å²) >= 11 is 0. The summed E-state index contributed by atoms with van der Waals surface area (Å²) in [4.78, 5) is 4.54. The highest BCUT2D eigenvalue weighted by molar-refractivity contribution is 5.60. The van der Waals surface area contributed by atoms with Crippen LogP contribution >= 0.6 is 0 Å². The topological polar surface area (TPSA) is 54.2 Å². The molecule has 22 heavy (non-hydrogen) atoms. The van der Waals surface area contributed by atoms with E-state index in [2.05, 4.69) is 27.6 Å². The number of hydrogen-bond acceptors (Lipinski definition) is 4. The fourth-order valence-corrected chi connectivity index (χ4v) is 2.54. The first-order valence-electron chi connectivity index (χ1n) is 7.51. The number of nitrogens with zero attached hydrogens (tertiary/aromatic N) is 3. The molecule has 1 aliphatic rings. The van der Waals surface area contributed by atoms with Gasteiger partial charge in [0.2, 0.25) is 0 Å². The van der Waals surface area contributed by atoms with E-state index in [0.29, 0.717) is 6.54 Å². The average molecular weight is 301 g/mol. The van der Waals surface area contributed by atoms with Crippen LogP contribution < -0.4 is 10.6 Å². The molecule has 3 rings (SSSR count). The van der Waals surface area contributed by atoms with E-state index in [-0.39, 0.29) is 5.92 Å².